The summed E-state index contributed by atoms with van der Waals surface area (Å²) in [7, 11) is 0. The highest BCUT2D eigenvalue weighted by atomic mass is 32.2. The first-order valence-electron chi connectivity index (χ1n) is 21.5. The smallest absolute Gasteiger partial charge is 0.249 e. The van der Waals surface area contributed by atoms with E-state index in [1.165, 1.54) is 104 Å². The first-order valence-corrected chi connectivity index (χ1v) is 22.3. The highest BCUT2D eigenvalue weighted by Crippen LogP contribution is 2.47. The number of nitrogens with zero attached hydrogens (tertiary/aromatic N) is 2. The van der Waals surface area contributed by atoms with Crippen molar-refractivity contribution >= 4 is 73.7 Å². The predicted octanol–water partition coefficient (Wildman–Crippen LogP) is 13.5. The number of para-hydroxylation sites is 2. The van der Waals surface area contributed by atoms with E-state index in [0.717, 1.165) is 19.3 Å². The zero-order valence-electron chi connectivity index (χ0n) is 34.7. The number of rotatable bonds is 7. The lowest BCUT2D eigenvalue weighted by Crippen LogP contribution is -2.60. The van der Waals surface area contributed by atoms with E-state index in [-0.39, 0.29) is 12.1 Å². The maximum Gasteiger partial charge on any atom is 0.249 e. The largest absolute Gasteiger partial charge is 0.311 e. The van der Waals surface area contributed by atoms with Crippen molar-refractivity contribution in [2.45, 2.75) is 62.2 Å². The molecule has 0 atom stereocenters. The van der Waals surface area contributed by atoms with E-state index < -0.39 is 0 Å². The van der Waals surface area contributed by atoms with Gasteiger partial charge in [-0.3, -0.25) is 0 Å². The minimum atomic E-state index is -0.0489. The number of hydrogen-bond donors (Lipinski definition) is 0. The van der Waals surface area contributed by atoms with Crippen LogP contribution >= 0.6 is 11.8 Å². The Kier molecular flexibility index (Phi) is 8.90. The van der Waals surface area contributed by atoms with Gasteiger partial charge in [0, 0.05) is 43.3 Å². The van der Waals surface area contributed by atoms with Crippen LogP contribution < -0.4 is 21.3 Å². The van der Waals surface area contributed by atoms with Crippen molar-refractivity contribution in [1.29, 1.82) is 0 Å². The molecule has 290 valence electrons. The lowest BCUT2D eigenvalue weighted by Gasteiger charge is -2.42. The summed E-state index contributed by atoms with van der Waals surface area (Å²) in [5.41, 5.74) is 19.2. The van der Waals surface area contributed by atoms with E-state index in [4.69, 9.17) is 0 Å². The minimum absolute atomic E-state index is 0.0489. The summed E-state index contributed by atoms with van der Waals surface area (Å²) in [5.74, 6) is 0. The monoisotopic (exact) mass is 790 g/mol. The first-order chi connectivity index (χ1) is 29.4. The topological polar surface area (TPSA) is 8.17 Å². The zero-order valence-corrected chi connectivity index (χ0v) is 35.6. The van der Waals surface area contributed by atoms with E-state index >= 15 is 0 Å². The molecule has 3 heterocycles. The summed E-state index contributed by atoms with van der Waals surface area (Å²) < 4.78 is 2.48. The molecule has 4 heteroatoms. The molecular formula is C56H47BN2S. The van der Waals surface area contributed by atoms with Crippen LogP contribution in [0.3, 0.4) is 0 Å². The highest BCUT2D eigenvalue weighted by Gasteiger charge is 2.42. The third kappa shape index (κ3) is 6.03. The molecule has 0 radical (unpaired) electrons. The third-order valence-electron chi connectivity index (χ3n) is 12.8. The van der Waals surface area contributed by atoms with Crippen molar-refractivity contribution in [2.24, 2.45) is 0 Å². The minimum Gasteiger partial charge on any atom is -0.311 e. The maximum absolute atomic E-state index is 2.67. The molecule has 60 heavy (non-hydrogen) atoms. The molecule has 11 rings (SSSR count). The Morgan fingerprint density at radius 3 is 1.82 bits per heavy atom. The van der Waals surface area contributed by atoms with Crippen LogP contribution in [0.15, 0.2) is 186 Å². The van der Waals surface area contributed by atoms with Crippen LogP contribution in [-0.2, 0) is 11.8 Å². The van der Waals surface area contributed by atoms with Gasteiger partial charge in [0.1, 0.15) is 0 Å². The second kappa shape index (κ2) is 14.5. The van der Waals surface area contributed by atoms with Gasteiger partial charge in [-0.1, -0.05) is 179 Å². The van der Waals surface area contributed by atoms with Gasteiger partial charge in [0.25, 0.3) is 0 Å². The summed E-state index contributed by atoms with van der Waals surface area (Å²) >= 11 is 1.95. The third-order valence-corrected chi connectivity index (χ3v) is 14.0. The highest BCUT2D eigenvalue weighted by molar-refractivity contribution is 8.00. The van der Waals surface area contributed by atoms with Gasteiger partial charge in [-0.05, 0) is 111 Å². The van der Waals surface area contributed by atoms with Crippen molar-refractivity contribution in [3.63, 3.8) is 0 Å². The van der Waals surface area contributed by atoms with Gasteiger partial charge in [-0.25, -0.2) is 0 Å². The van der Waals surface area contributed by atoms with Crippen molar-refractivity contribution in [3.8, 4) is 27.9 Å². The van der Waals surface area contributed by atoms with Crippen molar-refractivity contribution in [1.82, 2.24) is 4.57 Å². The molecule has 2 aliphatic heterocycles. The number of hydrogen-bond acceptors (Lipinski definition) is 2. The Balaban J connectivity index is 1.24. The first kappa shape index (κ1) is 36.8. The predicted molar refractivity (Wildman–Crippen MR) is 259 cm³/mol. The van der Waals surface area contributed by atoms with E-state index in [1.54, 1.807) is 0 Å². The molecule has 0 fully saturated rings. The molecule has 2 nitrogen and oxygen atoms in total. The average Bonchev–Trinajstić information content (AvgIpc) is 3.62. The molecule has 0 spiro atoms. The van der Waals surface area contributed by atoms with Crippen LogP contribution in [0, 0.1) is 0 Å². The molecule has 0 amide bonds. The lowest BCUT2D eigenvalue weighted by atomic mass is 9.34. The molecule has 0 unspecified atom stereocenters. The molecule has 2 aliphatic rings. The van der Waals surface area contributed by atoms with Crippen LogP contribution in [0.5, 0.6) is 0 Å². The molecule has 0 saturated carbocycles. The number of aromatic nitrogens is 1. The van der Waals surface area contributed by atoms with E-state index in [9.17, 15) is 0 Å². The molecule has 0 N–H and O–H groups in total. The number of unbranched alkanes of at least 4 members (excludes halogenated alkanes) is 1. The molecule has 0 bridgehead atoms. The normalized spacial score (nSPS) is 13.1. The van der Waals surface area contributed by atoms with Crippen LogP contribution in [0.2, 0.25) is 0 Å². The summed E-state index contributed by atoms with van der Waals surface area (Å²) in [4.78, 5) is 5.37. The Bertz CT molecular complexity index is 3050. The fourth-order valence-corrected chi connectivity index (χ4v) is 10.9. The van der Waals surface area contributed by atoms with Crippen LogP contribution in [0.25, 0.3) is 49.7 Å². The molecule has 0 aliphatic carbocycles. The lowest BCUT2D eigenvalue weighted by molar-refractivity contribution is 0.589. The second-order valence-electron chi connectivity index (χ2n) is 17.6. The number of aryl methyl sites for hydroxylation is 1. The molecule has 0 saturated heterocycles. The fourth-order valence-electron chi connectivity index (χ4n) is 9.74. The standard InChI is InChI=1S/C56H47BN2S/c1-5-6-17-39-26-27-41(38-20-11-8-12-21-38)33-50(39)59-51-36-43(58-48-24-15-13-22-44(48)45-23-14-16-25-49(45)58)29-30-46(51)57-47-32-40(37-18-9-7-10-19-37)28-31-53(47)60-54-35-42(56(2,3)4)34-52(59)55(54)57/h7-16,18-36H,5-6,17H2,1-4H3. The molecular weight excluding hydrogens is 744 g/mol. The van der Waals surface area contributed by atoms with E-state index in [1.807, 2.05) is 11.8 Å². The number of anilines is 3. The van der Waals surface area contributed by atoms with Crippen LogP contribution in [0.4, 0.5) is 17.1 Å². The summed E-state index contributed by atoms with van der Waals surface area (Å²) in [6.45, 7) is 9.45. The zero-order chi connectivity index (χ0) is 40.5. The van der Waals surface area contributed by atoms with Gasteiger partial charge < -0.3 is 9.47 Å². The Morgan fingerprint density at radius 1 is 0.517 bits per heavy atom. The quantitative estimate of drug-likeness (QED) is 0.149. The van der Waals surface area contributed by atoms with Crippen LogP contribution in [-0.4, -0.2) is 11.3 Å². The summed E-state index contributed by atoms with van der Waals surface area (Å²) in [6.07, 6.45) is 3.29. The van der Waals surface area contributed by atoms with Gasteiger partial charge in [0.15, 0.2) is 0 Å². The fraction of sp³-hybridized carbons (Fsp3) is 0.143. The van der Waals surface area contributed by atoms with E-state index in [0.29, 0.717) is 0 Å². The van der Waals surface area contributed by atoms with Gasteiger partial charge in [0.2, 0.25) is 6.71 Å². The Morgan fingerprint density at radius 2 is 1.15 bits per heavy atom. The summed E-state index contributed by atoms with van der Waals surface area (Å²) in [6, 6.07) is 66.3. The molecule has 9 aromatic rings. The number of fused-ring (bicyclic) bond motifs is 7. The van der Waals surface area contributed by atoms with Crippen molar-refractivity contribution in [2.75, 3.05) is 4.90 Å². The van der Waals surface area contributed by atoms with Crippen molar-refractivity contribution in [3.05, 3.63) is 187 Å². The van der Waals surface area contributed by atoms with Crippen molar-refractivity contribution < 1.29 is 0 Å². The summed E-state index contributed by atoms with van der Waals surface area (Å²) in [5, 5.41) is 2.55. The molecule has 1 aromatic heterocycles. The van der Waals surface area contributed by atoms with Gasteiger partial charge in [-0.2, -0.15) is 0 Å². The van der Waals surface area contributed by atoms with E-state index in [2.05, 4.69) is 213 Å². The van der Waals surface area contributed by atoms with Gasteiger partial charge >= 0.3 is 0 Å². The van der Waals surface area contributed by atoms with Gasteiger partial charge in [0.05, 0.1) is 11.0 Å². The van der Waals surface area contributed by atoms with Crippen LogP contribution in [0.1, 0.15) is 51.7 Å². The average molecular weight is 791 g/mol. The second-order valence-corrected chi connectivity index (χ2v) is 18.7. The molecule has 8 aromatic carbocycles. The Hall–Kier alpha value is -6.23. The Labute approximate surface area is 358 Å². The maximum atomic E-state index is 2.67. The SMILES string of the molecule is CCCCc1ccc(-c2ccccc2)cc1N1c2cc(-n3c4ccccc4c4ccccc43)ccc2B2c3cc(-c4ccccc4)ccc3Sc3cc(C(C)(C)C)cc1c32. The number of benzene rings is 8. The van der Waals surface area contributed by atoms with Gasteiger partial charge in [-0.15, -0.1) is 0 Å².